The second kappa shape index (κ2) is 2.58. The number of hydrogen-bond acceptors (Lipinski definition) is 2. The normalized spacial score (nSPS) is 10.3. The number of pyridine rings is 2. The lowest BCUT2D eigenvalue weighted by atomic mass is 10.3. The molecule has 11 heavy (non-hydrogen) atoms. The van der Waals surface area contributed by atoms with Crippen LogP contribution in [0.15, 0.2) is 35.2 Å². The fraction of sp³-hybridized carbons (Fsp3) is 0. The van der Waals surface area contributed by atoms with Gasteiger partial charge in [-0.3, -0.25) is 9.97 Å². The first-order valence-corrected chi connectivity index (χ1v) is 4.01. The zero-order valence-electron chi connectivity index (χ0n) is 5.66. The van der Waals surface area contributed by atoms with Crippen LogP contribution >= 0.6 is 15.9 Å². The maximum Gasteiger partial charge on any atom is 0.0896 e. The minimum absolute atomic E-state index is 0.918. The van der Waals surface area contributed by atoms with E-state index < -0.39 is 0 Å². The van der Waals surface area contributed by atoms with Crippen LogP contribution in [0.4, 0.5) is 0 Å². The number of halogens is 1. The smallest absolute Gasteiger partial charge is 0.0896 e. The molecule has 0 aromatic carbocycles. The van der Waals surface area contributed by atoms with Gasteiger partial charge in [0, 0.05) is 22.3 Å². The molecule has 2 aromatic heterocycles. The number of fused-ring (bicyclic) bond motifs is 1. The van der Waals surface area contributed by atoms with Crippen LogP contribution in [0, 0.1) is 0 Å². The van der Waals surface area contributed by atoms with Gasteiger partial charge in [-0.2, -0.15) is 0 Å². The molecule has 2 heterocycles. The van der Waals surface area contributed by atoms with Crippen molar-refractivity contribution in [3.63, 3.8) is 0 Å². The first-order chi connectivity index (χ1) is 5.38. The molecular formula is C8H5BrN2. The summed E-state index contributed by atoms with van der Waals surface area (Å²) in [6.45, 7) is 0. The molecule has 0 atom stereocenters. The van der Waals surface area contributed by atoms with E-state index in [0.29, 0.717) is 0 Å². The molecule has 0 N–H and O–H groups in total. The van der Waals surface area contributed by atoms with E-state index in [4.69, 9.17) is 0 Å². The molecule has 2 aromatic rings. The Morgan fingerprint density at radius 3 is 2.91 bits per heavy atom. The van der Waals surface area contributed by atoms with Gasteiger partial charge in [-0.15, -0.1) is 0 Å². The van der Waals surface area contributed by atoms with Crippen LogP contribution in [0.5, 0.6) is 0 Å². The molecule has 54 valence electrons. The maximum atomic E-state index is 4.15. The van der Waals surface area contributed by atoms with E-state index in [-0.39, 0.29) is 0 Å². The van der Waals surface area contributed by atoms with Crippen molar-refractivity contribution < 1.29 is 0 Å². The highest BCUT2D eigenvalue weighted by atomic mass is 79.9. The summed E-state index contributed by atoms with van der Waals surface area (Å²) in [5, 5.41) is 1.10. The van der Waals surface area contributed by atoms with E-state index in [1.165, 1.54) is 0 Å². The number of aromatic nitrogens is 2. The lowest BCUT2D eigenvalue weighted by Gasteiger charge is -1.95. The Balaban J connectivity index is 2.91. The van der Waals surface area contributed by atoms with Gasteiger partial charge in [0.05, 0.1) is 11.7 Å². The Kier molecular flexibility index (Phi) is 1.58. The largest absolute Gasteiger partial charge is 0.262 e. The zero-order chi connectivity index (χ0) is 7.68. The van der Waals surface area contributed by atoms with Crippen LogP contribution in [0.25, 0.3) is 10.9 Å². The molecule has 0 bridgehead atoms. The van der Waals surface area contributed by atoms with Gasteiger partial charge in [0.1, 0.15) is 0 Å². The second-order valence-electron chi connectivity index (χ2n) is 2.19. The van der Waals surface area contributed by atoms with Gasteiger partial charge in [0.15, 0.2) is 0 Å². The fourth-order valence-corrected chi connectivity index (χ4v) is 1.42. The van der Waals surface area contributed by atoms with Crippen molar-refractivity contribution in [3.05, 3.63) is 35.2 Å². The minimum Gasteiger partial charge on any atom is -0.262 e. The van der Waals surface area contributed by atoms with Crippen LogP contribution in [-0.2, 0) is 0 Å². The van der Waals surface area contributed by atoms with E-state index in [1.807, 2.05) is 12.1 Å². The molecule has 2 nitrogen and oxygen atoms in total. The van der Waals surface area contributed by atoms with Crippen molar-refractivity contribution in [2.45, 2.75) is 0 Å². The first kappa shape index (κ1) is 6.73. The monoisotopic (exact) mass is 208 g/mol. The quantitative estimate of drug-likeness (QED) is 0.665. The van der Waals surface area contributed by atoms with Crippen molar-refractivity contribution in [3.8, 4) is 0 Å². The number of nitrogens with zero attached hydrogens (tertiary/aromatic N) is 2. The van der Waals surface area contributed by atoms with E-state index in [9.17, 15) is 0 Å². The lowest BCUT2D eigenvalue weighted by Crippen LogP contribution is -1.79. The lowest BCUT2D eigenvalue weighted by molar-refractivity contribution is 1.31. The van der Waals surface area contributed by atoms with Gasteiger partial charge in [0.25, 0.3) is 0 Å². The summed E-state index contributed by atoms with van der Waals surface area (Å²) >= 11 is 3.43. The Morgan fingerprint density at radius 1 is 1.18 bits per heavy atom. The third-order valence-electron chi connectivity index (χ3n) is 1.49. The molecule has 0 radical (unpaired) electrons. The third kappa shape index (κ3) is 1.12. The maximum absolute atomic E-state index is 4.15. The van der Waals surface area contributed by atoms with E-state index >= 15 is 0 Å². The highest BCUT2D eigenvalue weighted by Gasteiger charge is 1.95. The van der Waals surface area contributed by atoms with Gasteiger partial charge in [-0.25, -0.2) is 0 Å². The summed E-state index contributed by atoms with van der Waals surface area (Å²) in [5.41, 5.74) is 0.918. The van der Waals surface area contributed by atoms with Gasteiger partial charge in [-0.1, -0.05) is 15.9 Å². The first-order valence-electron chi connectivity index (χ1n) is 3.22. The average Bonchev–Trinajstić information content (AvgIpc) is 2.06. The van der Waals surface area contributed by atoms with Crippen LogP contribution in [0.3, 0.4) is 0 Å². The predicted octanol–water partition coefficient (Wildman–Crippen LogP) is 2.39. The minimum atomic E-state index is 0.918. The van der Waals surface area contributed by atoms with E-state index in [2.05, 4.69) is 25.9 Å². The van der Waals surface area contributed by atoms with Crippen molar-refractivity contribution >= 4 is 26.8 Å². The summed E-state index contributed by atoms with van der Waals surface area (Å²) in [7, 11) is 0. The van der Waals surface area contributed by atoms with Gasteiger partial charge in [-0.05, 0) is 12.1 Å². The highest BCUT2D eigenvalue weighted by Crippen LogP contribution is 2.19. The number of rotatable bonds is 0. The zero-order valence-corrected chi connectivity index (χ0v) is 7.25. The second-order valence-corrected chi connectivity index (χ2v) is 3.04. The third-order valence-corrected chi connectivity index (χ3v) is 2.18. The summed E-state index contributed by atoms with van der Waals surface area (Å²) in [6, 6.07) is 3.86. The molecule has 2 rings (SSSR count). The molecule has 0 fully saturated rings. The van der Waals surface area contributed by atoms with Gasteiger partial charge >= 0.3 is 0 Å². The molecule has 0 amide bonds. The molecule has 3 heteroatoms. The summed E-state index contributed by atoms with van der Waals surface area (Å²) in [6.07, 6.45) is 5.27. The van der Waals surface area contributed by atoms with Crippen molar-refractivity contribution in [2.24, 2.45) is 0 Å². The molecule has 0 aliphatic heterocycles. The molecule has 0 spiro atoms. The van der Waals surface area contributed by atoms with Gasteiger partial charge in [0.2, 0.25) is 0 Å². The SMILES string of the molecule is Brc1ccnc2cnccc12. The molecule has 0 aliphatic rings. The molecule has 0 unspecified atom stereocenters. The standard InChI is InChI=1S/C8H5BrN2/c9-7-2-4-11-8-5-10-3-1-6(7)8/h1-5H. The Morgan fingerprint density at radius 2 is 2.09 bits per heavy atom. The summed E-state index contributed by atoms with van der Waals surface area (Å²) in [4.78, 5) is 8.12. The molecule has 0 saturated heterocycles. The van der Waals surface area contributed by atoms with Crippen molar-refractivity contribution in [2.75, 3.05) is 0 Å². The van der Waals surface area contributed by atoms with Crippen LogP contribution < -0.4 is 0 Å². The fourth-order valence-electron chi connectivity index (χ4n) is 0.964. The van der Waals surface area contributed by atoms with E-state index in [0.717, 1.165) is 15.4 Å². The summed E-state index contributed by atoms with van der Waals surface area (Å²) < 4.78 is 1.06. The Labute approximate surface area is 72.4 Å². The molecular weight excluding hydrogens is 204 g/mol. The predicted molar refractivity (Wildman–Crippen MR) is 47.2 cm³/mol. The molecule has 0 aliphatic carbocycles. The Bertz CT molecular complexity index is 381. The highest BCUT2D eigenvalue weighted by molar-refractivity contribution is 9.10. The van der Waals surface area contributed by atoms with Crippen LogP contribution in [0.2, 0.25) is 0 Å². The van der Waals surface area contributed by atoms with Crippen LogP contribution in [-0.4, -0.2) is 9.97 Å². The average molecular weight is 209 g/mol. The molecule has 0 saturated carbocycles. The van der Waals surface area contributed by atoms with Gasteiger partial charge < -0.3 is 0 Å². The van der Waals surface area contributed by atoms with E-state index in [1.54, 1.807) is 18.6 Å². The summed E-state index contributed by atoms with van der Waals surface area (Å²) in [5.74, 6) is 0. The van der Waals surface area contributed by atoms with Crippen molar-refractivity contribution in [1.82, 2.24) is 9.97 Å². The Hall–Kier alpha value is -0.960. The number of hydrogen-bond donors (Lipinski definition) is 0. The van der Waals surface area contributed by atoms with Crippen molar-refractivity contribution in [1.29, 1.82) is 0 Å². The topological polar surface area (TPSA) is 25.8 Å². The van der Waals surface area contributed by atoms with Crippen LogP contribution in [0.1, 0.15) is 0 Å².